The highest BCUT2D eigenvalue weighted by Gasteiger charge is 2.27. The summed E-state index contributed by atoms with van der Waals surface area (Å²) >= 11 is 0. The second kappa shape index (κ2) is 10.2. The van der Waals surface area contributed by atoms with Crippen LogP contribution in [0.15, 0.2) is 29.3 Å². The number of guanidine groups is 1. The van der Waals surface area contributed by atoms with Gasteiger partial charge in [0.05, 0.1) is 18.1 Å². The molecule has 1 aliphatic heterocycles. The van der Waals surface area contributed by atoms with Gasteiger partial charge in [-0.3, -0.25) is 4.99 Å². The summed E-state index contributed by atoms with van der Waals surface area (Å²) < 4.78 is 28.9. The number of aryl methyl sites for hydroxylation is 1. The number of sulfone groups is 1. The Morgan fingerprint density at radius 2 is 2.08 bits per heavy atom. The van der Waals surface area contributed by atoms with Gasteiger partial charge in [-0.15, -0.1) is 24.0 Å². The summed E-state index contributed by atoms with van der Waals surface area (Å²) in [7, 11) is -1.13. The first-order valence-electron chi connectivity index (χ1n) is 8.27. The van der Waals surface area contributed by atoms with Gasteiger partial charge >= 0.3 is 0 Å². The fourth-order valence-corrected chi connectivity index (χ4v) is 4.54. The highest BCUT2D eigenvalue weighted by Crippen LogP contribution is 2.18. The van der Waals surface area contributed by atoms with Gasteiger partial charge in [0.15, 0.2) is 15.8 Å². The number of nitrogens with zero attached hydrogens (tertiary/aromatic N) is 1. The minimum Gasteiger partial charge on any atom is -0.489 e. The van der Waals surface area contributed by atoms with E-state index >= 15 is 0 Å². The SMILES string of the molecule is CN=C(NCC1CCS(=O)(=O)C1)NCC(C)Oc1ccccc1C.I. The third-order valence-corrected chi connectivity index (χ3v) is 5.92. The lowest BCUT2D eigenvalue weighted by Gasteiger charge is -2.19. The Morgan fingerprint density at radius 1 is 1.36 bits per heavy atom. The van der Waals surface area contributed by atoms with Crippen LogP contribution in [0.2, 0.25) is 0 Å². The largest absolute Gasteiger partial charge is 0.489 e. The number of hydrogen-bond donors (Lipinski definition) is 2. The maximum Gasteiger partial charge on any atom is 0.191 e. The Hall–Kier alpha value is -1.03. The van der Waals surface area contributed by atoms with Crippen LogP contribution in [0.3, 0.4) is 0 Å². The van der Waals surface area contributed by atoms with Crippen molar-refractivity contribution >= 4 is 39.8 Å². The number of halogens is 1. The van der Waals surface area contributed by atoms with Crippen LogP contribution in [0.5, 0.6) is 5.75 Å². The minimum absolute atomic E-state index is 0. The molecule has 0 aliphatic carbocycles. The summed E-state index contributed by atoms with van der Waals surface area (Å²) in [6.07, 6.45) is 0.704. The van der Waals surface area contributed by atoms with Crippen molar-refractivity contribution in [2.75, 3.05) is 31.6 Å². The zero-order valence-electron chi connectivity index (χ0n) is 15.0. The van der Waals surface area contributed by atoms with Gasteiger partial charge in [-0.2, -0.15) is 0 Å². The Labute approximate surface area is 167 Å². The first kappa shape index (κ1) is 22.0. The third-order valence-electron chi connectivity index (χ3n) is 4.09. The van der Waals surface area contributed by atoms with Crippen molar-refractivity contribution in [3.05, 3.63) is 29.8 Å². The molecule has 1 heterocycles. The van der Waals surface area contributed by atoms with Crippen molar-refractivity contribution in [3.63, 3.8) is 0 Å². The Morgan fingerprint density at radius 3 is 2.68 bits per heavy atom. The molecule has 0 amide bonds. The van der Waals surface area contributed by atoms with Crippen LogP contribution < -0.4 is 15.4 Å². The molecule has 1 saturated heterocycles. The first-order chi connectivity index (χ1) is 11.4. The Bertz CT molecular complexity index is 679. The molecular weight excluding hydrogens is 453 g/mol. The van der Waals surface area contributed by atoms with Crippen molar-refractivity contribution in [2.24, 2.45) is 10.9 Å². The maximum atomic E-state index is 11.5. The minimum atomic E-state index is -2.83. The lowest BCUT2D eigenvalue weighted by atomic mass is 10.1. The van der Waals surface area contributed by atoms with Crippen molar-refractivity contribution in [2.45, 2.75) is 26.4 Å². The summed E-state index contributed by atoms with van der Waals surface area (Å²) in [6, 6.07) is 7.92. The van der Waals surface area contributed by atoms with Crippen molar-refractivity contribution < 1.29 is 13.2 Å². The van der Waals surface area contributed by atoms with E-state index in [4.69, 9.17) is 4.74 Å². The zero-order valence-corrected chi connectivity index (χ0v) is 18.1. The molecule has 2 unspecified atom stereocenters. The molecule has 0 saturated carbocycles. The maximum absolute atomic E-state index is 11.5. The van der Waals surface area contributed by atoms with Gasteiger partial charge in [0.1, 0.15) is 11.9 Å². The summed E-state index contributed by atoms with van der Waals surface area (Å²) in [5.74, 6) is 2.27. The molecule has 2 atom stereocenters. The van der Waals surface area contributed by atoms with Crippen LogP contribution in [-0.2, 0) is 9.84 Å². The molecule has 1 aliphatic rings. The second-order valence-electron chi connectivity index (χ2n) is 6.30. The zero-order chi connectivity index (χ0) is 17.6. The topological polar surface area (TPSA) is 79.8 Å². The molecule has 1 fully saturated rings. The number of ether oxygens (including phenoxy) is 1. The van der Waals surface area contributed by atoms with Crippen LogP contribution in [-0.4, -0.2) is 52.1 Å². The smallest absolute Gasteiger partial charge is 0.191 e. The van der Waals surface area contributed by atoms with E-state index in [1.807, 2.05) is 38.1 Å². The van der Waals surface area contributed by atoms with E-state index in [0.29, 0.717) is 24.8 Å². The van der Waals surface area contributed by atoms with Gasteiger partial charge in [-0.1, -0.05) is 18.2 Å². The lowest BCUT2D eigenvalue weighted by molar-refractivity contribution is 0.222. The monoisotopic (exact) mass is 481 g/mol. The van der Waals surface area contributed by atoms with Crippen molar-refractivity contribution in [3.8, 4) is 5.75 Å². The van der Waals surface area contributed by atoms with Gasteiger partial charge in [0, 0.05) is 13.6 Å². The molecular formula is C17H28IN3O3S. The fourth-order valence-electron chi connectivity index (χ4n) is 2.68. The lowest BCUT2D eigenvalue weighted by Crippen LogP contribution is -2.43. The standard InChI is InChI=1S/C17H27N3O3S.HI/c1-13-6-4-5-7-16(13)23-14(2)10-19-17(18-3)20-11-15-8-9-24(21,22)12-15;/h4-7,14-15H,8-12H2,1-3H3,(H2,18,19,20);1H. The number of aliphatic imine (C=N–C) groups is 1. The fraction of sp³-hybridized carbons (Fsp3) is 0.588. The van der Waals surface area contributed by atoms with E-state index in [2.05, 4.69) is 15.6 Å². The molecule has 142 valence electrons. The highest BCUT2D eigenvalue weighted by atomic mass is 127. The molecule has 0 spiro atoms. The number of nitrogens with one attached hydrogen (secondary N) is 2. The quantitative estimate of drug-likeness (QED) is 0.369. The molecule has 2 rings (SSSR count). The molecule has 1 aromatic rings. The Kier molecular flexibility index (Phi) is 8.98. The van der Waals surface area contributed by atoms with Gasteiger partial charge in [-0.05, 0) is 37.8 Å². The van der Waals surface area contributed by atoms with E-state index in [-0.39, 0.29) is 41.8 Å². The van der Waals surface area contributed by atoms with Crippen LogP contribution in [0, 0.1) is 12.8 Å². The highest BCUT2D eigenvalue weighted by molar-refractivity contribution is 14.0. The molecule has 0 radical (unpaired) electrons. The molecule has 0 bridgehead atoms. The molecule has 2 N–H and O–H groups in total. The number of rotatable bonds is 6. The first-order valence-corrected chi connectivity index (χ1v) is 10.1. The van der Waals surface area contributed by atoms with Gasteiger partial charge < -0.3 is 15.4 Å². The normalized spacial score (nSPS) is 20.4. The molecule has 0 aromatic heterocycles. The van der Waals surface area contributed by atoms with Crippen molar-refractivity contribution in [1.29, 1.82) is 0 Å². The molecule has 1 aromatic carbocycles. The number of benzene rings is 1. The van der Waals surface area contributed by atoms with Crippen LogP contribution >= 0.6 is 24.0 Å². The average Bonchev–Trinajstić information content (AvgIpc) is 2.89. The third kappa shape index (κ3) is 7.39. The van der Waals surface area contributed by atoms with Gasteiger partial charge in [0.25, 0.3) is 0 Å². The van der Waals surface area contributed by atoms with Crippen LogP contribution in [0.1, 0.15) is 18.9 Å². The van der Waals surface area contributed by atoms with Gasteiger partial charge in [0.2, 0.25) is 0 Å². The van der Waals surface area contributed by atoms with E-state index < -0.39 is 9.84 Å². The van der Waals surface area contributed by atoms with E-state index in [1.54, 1.807) is 7.05 Å². The van der Waals surface area contributed by atoms with Gasteiger partial charge in [-0.25, -0.2) is 8.42 Å². The Balaban J connectivity index is 0.00000312. The predicted octanol–water partition coefficient (Wildman–Crippen LogP) is 1.98. The number of hydrogen-bond acceptors (Lipinski definition) is 4. The van der Waals surface area contributed by atoms with Crippen LogP contribution in [0.25, 0.3) is 0 Å². The summed E-state index contributed by atoms with van der Waals surface area (Å²) in [5, 5.41) is 6.42. The number of para-hydroxylation sites is 1. The summed E-state index contributed by atoms with van der Waals surface area (Å²) in [4.78, 5) is 4.17. The predicted molar refractivity (Wildman–Crippen MR) is 113 cm³/mol. The molecule has 25 heavy (non-hydrogen) atoms. The molecule has 8 heteroatoms. The van der Waals surface area contributed by atoms with Crippen molar-refractivity contribution in [1.82, 2.24) is 10.6 Å². The van der Waals surface area contributed by atoms with E-state index in [0.717, 1.165) is 17.7 Å². The molecule has 6 nitrogen and oxygen atoms in total. The summed E-state index contributed by atoms with van der Waals surface area (Å²) in [6.45, 7) is 5.24. The summed E-state index contributed by atoms with van der Waals surface area (Å²) in [5.41, 5.74) is 1.11. The van der Waals surface area contributed by atoms with Crippen LogP contribution in [0.4, 0.5) is 0 Å². The van der Waals surface area contributed by atoms with E-state index in [1.165, 1.54) is 0 Å². The second-order valence-corrected chi connectivity index (χ2v) is 8.53. The average molecular weight is 481 g/mol. The van der Waals surface area contributed by atoms with E-state index in [9.17, 15) is 8.42 Å².